The lowest BCUT2D eigenvalue weighted by atomic mass is 10.1. The summed E-state index contributed by atoms with van der Waals surface area (Å²) in [7, 11) is -3.85. The van der Waals surface area contributed by atoms with Gasteiger partial charge in [0, 0.05) is 11.3 Å². The number of rotatable bonds is 7. The molecule has 1 heterocycles. The van der Waals surface area contributed by atoms with Crippen LogP contribution < -0.4 is 14.8 Å². The van der Waals surface area contributed by atoms with Gasteiger partial charge < -0.3 is 14.6 Å². The number of nitrogens with zero attached hydrogens (tertiary/aromatic N) is 1. The number of carbonyl (C=O) groups is 1. The minimum atomic E-state index is -3.85. The molecule has 9 heteroatoms. The number of nitrogens with one attached hydrogen (secondary N) is 2. The molecule has 0 spiro atoms. The molecule has 0 radical (unpaired) electrons. The molecule has 8 nitrogen and oxygen atoms in total. The van der Waals surface area contributed by atoms with Crippen LogP contribution in [0.3, 0.4) is 0 Å². The first-order chi connectivity index (χ1) is 15.3. The topological polar surface area (TPSA) is 111 Å². The highest BCUT2D eigenvalue weighted by molar-refractivity contribution is 7.92. The summed E-state index contributed by atoms with van der Waals surface area (Å²) in [5.41, 5.74) is 1.67. The van der Waals surface area contributed by atoms with Gasteiger partial charge in [-0.1, -0.05) is 35.5 Å². The van der Waals surface area contributed by atoms with E-state index in [1.54, 1.807) is 19.9 Å². The molecule has 0 saturated heterocycles. The first kappa shape index (κ1) is 21.4. The number of benzene rings is 3. The average Bonchev–Trinajstić information content (AvgIpc) is 3.09. The van der Waals surface area contributed by atoms with Crippen molar-refractivity contribution in [1.29, 1.82) is 0 Å². The first-order valence-corrected chi connectivity index (χ1v) is 11.3. The van der Waals surface area contributed by atoms with Gasteiger partial charge in [-0.2, -0.15) is 0 Å². The molecular formula is C23H21N3O5S. The molecule has 0 saturated carbocycles. The van der Waals surface area contributed by atoms with E-state index in [0.29, 0.717) is 22.7 Å². The number of carbonyl (C=O) groups excluding carboxylic acids is 1. The standard InChI is InChI=1S/C23H21N3O5S/c1-15-16(2)25-31-23(15)26-32(28,29)21-11-8-19(9-12-21)24-22(27)14-30-20-10-7-17-5-3-4-6-18(17)13-20/h3-13,26H,14H2,1-2H3,(H,24,27). The highest BCUT2D eigenvalue weighted by Gasteiger charge is 2.19. The van der Waals surface area contributed by atoms with Crippen LogP contribution in [0.4, 0.5) is 11.6 Å². The number of aromatic nitrogens is 1. The molecule has 0 aliphatic carbocycles. The number of hydrogen-bond acceptors (Lipinski definition) is 6. The highest BCUT2D eigenvalue weighted by Crippen LogP contribution is 2.23. The molecule has 1 aromatic heterocycles. The monoisotopic (exact) mass is 451 g/mol. The molecule has 0 aliphatic heterocycles. The number of amides is 1. The van der Waals surface area contributed by atoms with E-state index in [0.717, 1.165) is 10.8 Å². The Kier molecular flexibility index (Phi) is 5.83. The third-order valence-corrected chi connectivity index (χ3v) is 6.27. The molecule has 32 heavy (non-hydrogen) atoms. The van der Waals surface area contributed by atoms with Crippen molar-refractivity contribution >= 4 is 38.3 Å². The van der Waals surface area contributed by atoms with E-state index in [-0.39, 0.29) is 23.3 Å². The summed E-state index contributed by atoms with van der Waals surface area (Å²) in [5.74, 6) is 0.301. The Bertz CT molecular complexity index is 1380. The van der Waals surface area contributed by atoms with Crippen LogP contribution in [0.15, 0.2) is 76.1 Å². The van der Waals surface area contributed by atoms with Gasteiger partial charge in [0.1, 0.15) is 5.75 Å². The number of sulfonamides is 1. The van der Waals surface area contributed by atoms with Gasteiger partial charge in [-0.3, -0.25) is 4.79 Å². The Hall–Kier alpha value is -3.85. The van der Waals surface area contributed by atoms with E-state index < -0.39 is 10.0 Å². The molecule has 2 N–H and O–H groups in total. The van der Waals surface area contributed by atoms with E-state index in [9.17, 15) is 13.2 Å². The fraction of sp³-hybridized carbons (Fsp3) is 0.130. The second kappa shape index (κ2) is 8.72. The maximum atomic E-state index is 12.5. The largest absolute Gasteiger partial charge is 0.484 e. The Morgan fingerprint density at radius 3 is 2.41 bits per heavy atom. The summed E-state index contributed by atoms with van der Waals surface area (Å²) in [6, 6.07) is 19.2. The second-order valence-electron chi connectivity index (χ2n) is 7.20. The molecule has 0 unspecified atom stereocenters. The Balaban J connectivity index is 1.36. The quantitative estimate of drug-likeness (QED) is 0.434. The van der Waals surface area contributed by atoms with Crippen molar-refractivity contribution in [2.24, 2.45) is 0 Å². The Morgan fingerprint density at radius 1 is 1.00 bits per heavy atom. The first-order valence-electron chi connectivity index (χ1n) is 9.79. The zero-order valence-corrected chi connectivity index (χ0v) is 18.3. The van der Waals surface area contributed by atoms with Gasteiger partial charge in [-0.05, 0) is 61.0 Å². The smallest absolute Gasteiger partial charge is 0.264 e. The molecule has 164 valence electrons. The van der Waals surface area contributed by atoms with Gasteiger partial charge in [-0.15, -0.1) is 0 Å². The van der Waals surface area contributed by atoms with Crippen LogP contribution in [0, 0.1) is 13.8 Å². The van der Waals surface area contributed by atoms with Crippen molar-refractivity contribution in [3.05, 3.63) is 78.0 Å². The van der Waals surface area contributed by atoms with Crippen LogP contribution in [0.1, 0.15) is 11.3 Å². The van der Waals surface area contributed by atoms with Gasteiger partial charge in [0.15, 0.2) is 6.61 Å². The number of ether oxygens (including phenoxy) is 1. The molecule has 0 bridgehead atoms. The molecule has 4 rings (SSSR count). The molecule has 0 fully saturated rings. The van der Waals surface area contributed by atoms with Crippen LogP contribution in [0.5, 0.6) is 5.75 Å². The van der Waals surface area contributed by atoms with Gasteiger partial charge in [0.25, 0.3) is 15.9 Å². The van der Waals surface area contributed by atoms with Crippen molar-refractivity contribution in [3.8, 4) is 5.75 Å². The summed E-state index contributed by atoms with van der Waals surface area (Å²) in [6.07, 6.45) is 0. The summed E-state index contributed by atoms with van der Waals surface area (Å²) in [5, 5.41) is 8.52. The van der Waals surface area contributed by atoms with Gasteiger partial charge in [0.05, 0.1) is 10.6 Å². The summed E-state index contributed by atoms with van der Waals surface area (Å²) in [6.45, 7) is 3.25. The fourth-order valence-corrected chi connectivity index (χ4v) is 4.06. The third-order valence-electron chi connectivity index (χ3n) is 4.92. The minimum Gasteiger partial charge on any atom is -0.484 e. The number of aryl methyl sites for hydroxylation is 1. The average molecular weight is 452 g/mol. The van der Waals surface area contributed by atoms with Crippen LogP contribution in [0.2, 0.25) is 0 Å². The highest BCUT2D eigenvalue weighted by atomic mass is 32.2. The Labute approximate surface area is 185 Å². The van der Waals surface area contributed by atoms with E-state index in [1.165, 1.54) is 24.3 Å². The number of hydrogen-bond donors (Lipinski definition) is 2. The predicted octanol–water partition coefficient (Wildman–Crippen LogP) is 4.26. The zero-order chi connectivity index (χ0) is 22.7. The van der Waals surface area contributed by atoms with E-state index in [2.05, 4.69) is 15.2 Å². The Morgan fingerprint density at radius 2 is 1.72 bits per heavy atom. The van der Waals surface area contributed by atoms with E-state index in [1.807, 2.05) is 36.4 Å². The third kappa shape index (κ3) is 4.73. The van der Waals surface area contributed by atoms with Gasteiger partial charge >= 0.3 is 0 Å². The maximum Gasteiger partial charge on any atom is 0.264 e. The van der Waals surface area contributed by atoms with Crippen molar-refractivity contribution in [3.63, 3.8) is 0 Å². The van der Waals surface area contributed by atoms with Crippen molar-refractivity contribution in [2.75, 3.05) is 16.6 Å². The molecule has 0 aliphatic rings. The SMILES string of the molecule is Cc1noc(NS(=O)(=O)c2ccc(NC(=O)COc3ccc4ccccc4c3)cc2)c1C. The van der Waals surface area contributed by atoms with Crippen LogP contribution >= 0.6 is 0 Å². The summed E-state index contributed by atoms with van der Waals surface area (Å²) < 4.78 is 38.0. The molecule has 4 aromatic rings. The van der Waals surface area contributed by atoms with Crippen molar-refractivity contribution in [1.82, 2.24) is 5.16 Å². The van der Waals surface area contributed by atoms with Gasteiger partial charge in [0.2, 0.25) is 5.88 Å². The fourth-order valence-electron chi connectivity index (χ4n) is 3.01. The number of anilines is 2. The van der Waals surface area contributed by atoms with E-state index >= 15 is 0 Å². The lowest BCUT2D eigenvalue weighted by molar-refractivity contribution is -0.118. The normalized spacial score (nSPS) is 11.3. The van der Waals surface area contributed by atoms with E-state index in [4.69, 9.17) is 9.26 Å². The van der Waals surface area contributed by atoms with Crippen molar-refractivity contribution < 1.29 is 22.5 Å². The predicted molar refractivity (Wildman–Crippen MR) is 121 cm³/mol. The molecule has 3 aromatic carbocycles. The minimum absolute atomic E-state index is 0.0244. The molecule has 0 atom stereocenters. The molecule has 1 amide bonds. The number of fused-ring (bicyclic) bond motifs is 1. The zero-order valence-electron chi connectivity index (χ0n) is 17.5. The second-order valence-corrected chi connectivity index (χ2v) is 8.88. The van der Waals surface area contributed by atoms with Gasteiger partial charge in [-0.25, -0.2) is 13.1 Å². The van der Waals surface area contributed by atoms with Crippen LogP contribution in [-0.4, -0.2) is 26.1 Å². The van der Waals surface area contributed by atoms with Crippen molar-refractivity contribution in [2.45, 2.75) is 18.7 Å². The summed E-state index contributed by atoms with van der Waals surface area (Å²) >= 11 is 0. The maximum absolute atomic E-state index is 12.5. The lowest BCUT2D eigenvalue weighted by Crippen LogP contribution is -2.20. The lowest BCUT2D eigenvalue weighted by Gasteiger charge is -2.10. The summed E-state index contributed by atoms with van der Waals surface area (Å²) in [4.78, 5) is 12.3. The molecular weight excluding hydrogens is 430 g/mol. The van der Waals surface area contributed by atoms with Crippen LogP contribution in [-0.2, 0) is 14.8 Å². The van der Waals surface area contributed by atoms with Crippen LogP contribution in [0.25, 0.3) is 10.8 Å².